The third-order valence-electron chi connectivity index (χ3n) is 7.23. The van der Waals surface area contributed by atoms with Crippen LogP contribution in [0.5, 0.6) is 5.75 Å². The van der Waals surface area contributed by atoms with Crippen LogP contribution in [0.25, 0.3) is 0 Å². The first-order chi connectivity index (χ1) is 20.3. The Morgan fingerprint density at radius 3 is 2.35 bits per heavy atom. The Morgan fingerprint density at radius 1 is 1.00 bits per heavy atom. The average molecular weight is 590 g/mol. The van der Waals surface area contributed by atoms with Crippen LogP contribution >= 0.6 is 0 Å². The molecular weight excluding hydrogens is 554 g/mol. The first-order valence-corrected chi connectivity index (χ1v) is 13.8. The Kier molecular flexibility index (Phi) is 9.18. The molecule has 1 heterocycles. The molecule has 0 aliphatic carbocycles. The summed E-state index contributed by atoms with van der Waals surface area (Å²) >= 11 is 0. The molecule has 1 fully saturated rings. The van der Waals surface area contributed by atoms with Crippen LogP contribution in [0.1, 0.15) is 59.9 Å². The molecule has 43 heavy (non-hydrogen) atoms. The second-order valence-corrected chi connectivity index (χ2v) is 11.3. The predicted octanol–water partition coefficient (Wildman–Crippen LogP) is 5.96. The first kappa shape index (κ1) is 30.8. The number of rotatable bonds is 8. The van der Waals surface area contributed by atoms with Crippen molar-refractivity contribution in [1.29, 1.82) is 0 Å². The summed E-state index contributed by atoms with van der Waals surface area (Å²) in [4.78, 5) is 50.1. The fraction of sp³-hybridized carbons (Fsp3) is 0.323. The third kappa shape index (κ3) is 7.59. The molecule has 12 heteroatoms. The molecule has 226 valence electrons. The van der Waals surface area contributed by atoms with Crippen molar-refractivity contribution in [3.05, 3.63) is 87.5 Å². The van der Waals surface area contributed by atoms with Crippen molar-refractivity contribution >= 4 is 40.7 Å². The predicted molar refractivity (Wildman–Crippen MR) is 163 cm³/mol. The van der Waals surface area contributed by atoms with E-state index in [0.29, 0.717) is 36.3 Å². The molecule has 1 aliphatic rings. The van der Waals surface area contributed by atoms with Gasteiger partial charge in [-0.05, 0) is 60.2 Å². The number of carbonyl (C=O) groups is 3. The van der Waals surface area contributed by atoms with Gasteiger partial charge in [0, 0.05) is 36.4 Å². The summed E-state index contributed by atoms with van der Waals surface area (Å²) in [6, 6.07) is 15.1. The lowest BCUT2D eigenvalue weighted by Gasteiger charge is -2.34. The SMILES string of the molecule is COc1cc([N+](=O)[O-])ccc1NC(=O)N1CCCC(Nc2cc(NC(=O)c3ccc(C(C)(C)C)cc3)ccc2C(=O)O)C1. The minimum atomic E-state index is -1.13. The van der Waals surface area contributed by atoms with Crippen LogP contribution < -0.4 is 20.7 Å². The van der Waals surface area contributed by atoms with Crippen LogP contribution in [0, 0.1) is 10.1 Å². The van der Waals surface area contributed by atoms with Gasteiger partial charge in [-0.25, -0.2) is 9.59 Å². The summed E-state index contributed by atoms with van der Waals surface area (Å²) in [7, 11) is 1.36. The Hall–Kier alpha value is -5.13. The lowest BCUT2D eigenvalue weighted by molar-refractivity contribution is -0.384. The third-order valence-corrected chi connectivity index (χ3v) is 7.23. The first-order valence-electron chi connectivity index (χ1n) is 13.8. The van der Waals surface area contributed by atoms with Crippen molar-refractivity contribution in [3.63, 3.8) is 0 Å². The number of ether oxygens (including phenoxy) is 1. The standard InChI is InChI=1S/C31H35N5O7/c1-31(2,3)20-9-7-19(8-10-20)28(37)33-21-11-13-24(29(38)39)26(16-21)32-22-6-5-15-35(18-22)30(40)34-25-14-12-23(36(41)42)17-27(25)43-4/h7-14,16-17,22,32H,5-6,15,18H2,1-4H3,(H,33,37)(H,34,40)(H,38,39). The number of likely N-dealkylation sites (tertiary alicyclic amines) is 1. The molecule has 3 aromatic rings. The zero-order chi connectivity index (χ0) is 31.3. The number of nitrogens with one attached hydrogen (secondary N) is 3. The second kappa shape index (κ2) is 12.8. The highest BCUT2D eigenvalue weighted by Crippen LogP contribution is 2.30. The normalized spacial score (nSPS) is 14.9. The molecule has 3 aromatic carbocycles. The van der Waals surface area contributed by atoms with Crippen molar-refractivity contribution < 1.29 is 29.2 Å². The number of methoxy groups -OCH3 is 1. The highest BCUT2D eigenvalue weighted by Gasteiger charge is 2.26. The maximum Gasteiger partial charge on any atom is 0.337 e. The van der Waals surface area contributed by atoms with Gasteiger partial charge in [-0.15, -0.1) is 0 Å². The molecule has 0 saturated carbocycles. The lowest BCUT2D eigenvalue weighted by Crippen LogP contribution is -2.47. The van der Waals surface area contributed by atoms with Crippen LogP contribution in [0.15, 0.2) is 60.7 Å². The Morgan fingerprint density at radius 2 is 1.72 bits per heavy atom. The molecule has 1 aliphatic heterocycles. The molecule has 0 spiro atoms. The largest absolute Gasteiger partial charge is 0.494 e. The van der Waals surface area contributed by atoms with E-state index >= 15 is 0 Å². The second-order valence-electron chi connectivity index (χ2n) is 11.3. The maximum atomic E-state index is 13.1. The van der Waals surface area contributed by atoms with Gasteiger partial charge in [0.15, 0.2) is 0 Å². The summed E-state index contributed by atoms with van der Waals surface area (Å²) < 4.78 is 5.21. The number of amides is 3. The van der Waals surface area contributed by atoms with Gasteiger partial charge in [-0.2, -0.15) is 0 Å². The van der Waals surface area contributed by atoms with Crippen molar-refractivity contribution in [1.82, 2.24) is 4.90 Å². The maximum absolute atomic E-state index is 13.1. The number of carboxylic acids is 1. The van der Waals surface area contributed by atoms with E-state index in [9.17, 15) is 29.6 Å². The van der Waals surface area contributed by atoms with Gasteiger partial charge in [-0.3, -0.25) is 14.9 Å². The van der Waals surface area contributed by atoms with Gasteiger partial charge < -0.3 is 30.7 Å². The molecule has 4 N–H and O–H groups in total. The van der Waals surface area contributed by atoms with Crippen molar-refractivity contribution in [3.8, 4) is 5.75 Å². The number of carbonyl (C=O) groups excluding carboxylic acids is 2. The molecule has 1 unspecified atom stereocenters. The number of piperidine rings is 1. The van der Waals surface area contributed by atoms with E-state index in [0.717, 1.165) is 5.56 Å². The molecule has 0 aromatic heterocycles. The van der Waals surface area contributed by atoms with Crippen molar-refractivity contribution in [2.75, 3.05) is 36.1 Å². The Balaban J connectivity index is 1.45. The van der Waals surface area contributed by atoms with Gasteiger partial charge >= 0.3 is 12.0 Å². The zero-order valence-corrected chi connectivity index (χ0v) is 24.5. The van der Waals surface area contributed by atoms with E-state index in [1.165, 1.54) is 37.4 Å². The minimum Gasteiger partial charge on any atom is -0.494 e. The number of anilines is 3. The lowest BCUT2D eigenvalue weighted by atomic mass is 9.87. The zero-order valence-electron chi connectivity index (χ0n) is 24.5. The van der Waals surface area contributed by atoms with Crippen LogP contribution in [0.2, 0.25) is 0 Å². The number of aromatic carboxylic acids is 1. The number of nitro benzene ring substituents is 1. The van der Waals surface area contributed by atoms with Crippen LogP contribution in [0.3, 0.4) is 0 Å². The summed E-state index contributed by atoms with van der Waals surface area (Å²) in [5.74, 6) is -1.30. The van der Waals surface area contributed by atoms with Crippen molar-refractivity contribution in [2.45, 2.75) is 45.1 Å². The van der Waals surface area contributed by atoms with Gasteiger partial charge in [0.1, 0.15) is 5.75 Å². The summed E-state index contributed by atoms with van der Waals surface area (Å²) in [5.41, 5.74) is 2.43. The van der Waals surface area contributed by atoms with Crippen LogP contribution in [0.4, 0.5) is 27.5 Å². The van der Waals surface area contributed by atoms with E-state index in [-0.39, 0.29) is 46.6 Å². The molecule has 4 rings (SSSR count). The number of urea groups is 1. The number of nitrogens with zero attached hydrogens (tertiary/aromatic N) is 2. The Bertz CT molecular complexity index is 1530. The topological polar surface area (TPSA) is 163 Å². The van der Waals surface area contributed by atoms with Crippen LogP contribution in [-0.2, 0) is 5.41 Å². The minimum absolute atomic E-state index is 0.0321. The number of nitro groups is 1. The molecule has 1 saturated heterocycles. The molecule has 12 nitrogen and oxygen atoms in total. The quantitative estimate of drug-likeness (QED) is 0.185. The fourth-order valence-corrected chi connectivity index (χ4v) is 4.84. The number of benzene rings is 3. The van der Waals surface area contributed by atoms with Crippen molar-refractivity contribution in [2.24, 2.45) is 0 Å². The summed E-state index contributed by atoms with van der Waals surface area (Å²) in [6.07, 6.45) is 1.34. The van der Waals surface area contributed by atoms with Crippen LogP contribution in [-0.4, -0.2) is 59.1 Å². The van der Waals surface area contributed by atoms with Gasteiger partial charge in [0.25, 0.3) is 11.6 Å². The summed E-state index contributed by atoms with van der Waals surface area (Å²) in [5, 5.41) is 29.7. The average Bonchev–Trinajstić information content (AvgIpc) is 2.97. The monoisotopic (exact) mass is 589 g/mol. The van der Waals surface area contributed by atoms with Gasteiger partial charge in [0.2, 0.25) is 0 Å². The van der Waals surface area contributed by atoms with Gasteiger partial charge in [0.05, 0.1) is 35.0 Å². The van der Waals surface area contributed by atoms with Gasteiger partial charge in [-0.1, -0.05) is 32.9 Å². The number of hydrogen-bond donors (Lipinski definition) is 4. The molecular formula is C31H35N5O7. The van der Waals surface area contributed by atoms with E-state index in [1.54, 1.807) is 23.1 Å². The van der Waals surface area contributed by atoms with E-state index < -0.39 is 16.9 Å². The number of carboxylic acid groups (broad SMARTS) is 1. The molecule has 0 bridgehead atoms. The number of hydrogen-bond acceptors (Lipinski definition) is 7. The molecule has 3 amide bonds. The summed E-state index contributed by atoms with van der Waals surface area (Å²) in [6.45, 7) is 7.02. The van der Waals surface area contributed by atoms with E-state index in [4.69, 9.17) is 4.74 Å². The molecule has 1 atom stereocenters. The van der Waals surface area contributed by atoms with E-state index in [1.807, 2.05) is 12.1 Å². The van der Waals surface area contributed by atoms with E-state index in [2.05, 4.69) is 36.7 Å². The molecule has 0 radical (unpaired) electrons. The number of non-ortho nitro benzene ring substituents is 1. The fourth-order valence-electron chi connectivity index (χ4n) is 4.84. The smallest absolute Gasteiger partial charge is 0.337 e. The highest BCUT2D eigenvalue weighted by atomic mass is 16.6. The highest BCUT2D eigenvalue weighted by molar-refractivity contribution is 6.05. The Labute approximate surface area is 249 Å².